The van der Waals surface area contributed by atoms with Gasteiger partial charge in [0.2, 0.25) is 0 Å². The molecule has 7 heteroatoms. The van der Waals surface area contributed by atoms with Crippen LogP contribution in [0, 0.1) is 0 Å². The van der Waals surface area contributed by atoms with Gasteiger partial charge in [-0.25, -0.2) is 0 Å². The van der Waals surface area contributed by atoms with Crippen molar-refractivity contribution in [3.8, 4) is 17.2 Å². The van der Waals surface area contributed by atoms with Gasteiger partial charge in [0, 0.05) is 33.4 Å². The van der Waals surface area contributed by atoms with Crippen LogP contribution in [0.25, 0.3) is 16.7 Å². The zero-order valence-corrected chi connectivity index (χ0v) is 26.6. The summed E-state index contributed by atoms with van der Waals surface area (Å²) in [5.74, 6) is -1.15. The molecule has 1 heterocycles. The molecule has 5 aromatic carbocycles. The van der Waals surface area contributed by atoms with E-state index in [-0.39, 0.29) is 39.7 Å². The number of Topliss-reactive ketones (excluding diaryl/α,β-unsaturated/α-hetero) is 1. The molecule has 0 aliphatic carbocycles. The lowest BCUT2D eigenvalue weighted by Crippen LogP contribution is -2.12. The number of phenolic OH excluding ortho intramolecular Hbond substituents is 3. The number of aromatic hydroxyl groups is 3. The maximum Gasteiger partial charge on any atom is 0.194 e. The molecular formula is C43H30O7. The zero-order chi connectivity index (χ0) is 35.0. The summed E-state index contributed by atoms with van der Waals surface area (Å²) >= 11 is 0. The highest BCUT2D eigenvalue weighted by atomic mass is 16.3. The van der Waals surface area contributed by atoms with Crippen LogP contribution in [-0.4, -0.2) is 32.7 Å². The first-order valence-corrected chi connectivity index (χ1v) is 15.6. The van der Waals surface area contributed by atoms with E-state index in [4.69, 9.17) is 4.42 Å². The van der Waals surface area contributed by atoms with E-state index in [1.54, 1.807) is 78.9 Å². The normalized spacial score (nSPS) is 12.2. The third-order valence-corrected chi connectivity index (χ3v) is 7.93. The van der Waals surface area contributed by atoms with Gasteiger partial charge in [0.15, 0.2) is 17.3 Å². The van der Waals surface area contributed by atoms with Gasteiger partial charge in [-0.1, -0.05) is 72.8 Å². The lowest BCUT2D eigenvalue weighted by molar-refractivity contribution is 0.103. The van der Waals surface area contributed by atoms with E-state index in [2.05, 4.69) is 0 Å². The number of hydrogen-bond donors (Lipinski definition) is 3. The van der Waals surface area contributed by atoms with E-state index < -0.39 is 17.3 Å². The fraction of sp³-hybridized carbons (Fsp3) is 0. The van der Waals surface area contributed by atoms with Crippen LogP contribution in [0.2, 0.25) is 0 Å². The van der Waals surface area contributed by atoms with Crippen molar-refractivity contribution in [1.29, 1.82) is 0 Å². The van der Waals surface area contributed by atoms with Crippen LogP contribution in [0.1, 0.15) is 48.0 Å². The van der Waals surface area contributed by atoms with E-state index in [9.17, 15) is 29.7 Å². The Morgan fingerprint density at radius 2 is 0.880 bits per heavy atom. The van der Waals surface area contributed by atoms with E-state index in [0.29, 0.717) is 33.4 Å². The molecule has 0 saturated carbocycles. The van der Waals surface area contributed by atoms with Crippen LogP contribution in [0.4, 0.5) is 0 Å². The number of furan rings is 1. The molecule has 0 bridgehead atoms. The number of carbonyl (C=O) groups excluding carboxylic acids is 3. The number of rotatable bonds is 11. The third-order valence-electron chi connectivity index (χ3n) is 7.93. The molecule has 0 aliphatic heterocycles. The SMILES string of the molecule is O=C(C=C(C(=C(C(=O)c1ccccc1)C(=CC(=O)c1ccc(O)cc1)c1ccco1)c1ccc(O)cc1)c1ccccc1)c1ccc(O)cc1. The standard InChI is InChI=1S/C43H30O7/c44-33-19-13-29(14-20-33)38(47)26-36(28-8-3-1-4-9-28)41(31-17-23-35(46)24-18-31)42(43(49)32-10-5-2-6-11-32)37(40-12-7-25-50-40)27-39(48)30-15-21-34(45)22-16-30/h1-27,44-46H. The minimum atomic E-state index is -0.467. The summed E-state index contributed by atoms with van der Waals surface area (Å²) in [4.78, 5) is 42.9. The van der Waals surface area contributed by atoms with Gasteiger partial charge in [-0.05, 0) is 102 Å². The number of ketones is 3. The van der Waals surface area contributed by atoms with Crippen LogP contribution in [0.15, 0.2) is 174 Å². The fourth-order valence-electron chi connectivity index (χ4n) is 5.46. The Morgan fingerprint density at radius 3 is 1.34 bits per heavy atom. The molecule has 0 amide bonds. The lowest BCUT2D eigenvalue weighted by Gasteiger charge is -2.21. The average molecular weight is 659 g/mol. The summed E-state index contributed by atoms with van der Waals surface area (Å²) in [6, 6.07) is 38.7. The van der Waals surface area contributed by atoms with Crippen LogP contribution >= 0.6 is 0 Å². The van der Waals surface area contributed by atoms with E-state index in [1.165, 1.54) is 79.1 Å². The highest BCUT2D eigenvalue weighted by molar-refractivity contribution is 6.31. The quantitative estimate of drug-likeness (QED) is 0.0721. The van der Waals surface area contributed by atoms with Crippen molar-refractivity contribution < 1.29 is 34.1 Å². The van der Waals surface area contributed by atoms with Gasteiger partial charge in [0.25, 0.3) is 0 Å². The first kappa shape index (κ1) is 32.9. The molecule has 244 valence electrons. The van der Waals surface area contributed by atoms with Gasteiger partial charge < -0.3 is 19.7 Å². The van der Waals surface area contributed by atoms with Gasteiger partial charge in [0.05, 0.1) is 6.26 Å². The van der Waals surface area contributed by atoms with Crippen LogP contribution < -0.4 is 0 Å². The molecule has 0 fully saturated rings. The fourth-order valence-corrected chi connectivity index (χ4v) is 5.46. The van der Waals surface area contributed by atoms with Crippen molar-refractivity contribution >= 4 is 34.1 Å². The number of carbonyl (C=O) groups is 3. The molecule has 6 aromatic rings. The van der Waals surface area contributed by atoms with Crippen LogP contribution in [0.5, 0.6) is 17.2 Å². The Hall–Kier alpha value is -6.99. The van der Waals surface area contributed by atoms with Gasteiger partial charge in [-0.3, -0.25) is 14.4 Å². The summed E-state index contributed by atoms with van der Waals surface area (Å²) < 4.78 is 5.87. The molecule has 0 unspecified atom stereocenters. The number of hydrogen-bond acceptors (Lipinski definition) is 7. The first-order valence-electron chi connectivity index (χ1n) is 15.6. The van der Waals surface area contributed by atoms with Crippen molar-refractivity contribution in [1.82, 2.24) is 0 Å². The Kier molecular flexibility index (Phi) is 9.77. The minimum Gasteiger partial charge on any atom is -0.508 e. The lowest BCUT2D eigenvalue weighted by atomic mass is 9.81. The highest BCUT2D eigenvalue weighted by Crippen LogP contribution is 2.41. The highest BCUT2D eigenvalue weighted by Gasteiger charge is 2.29. The van der Waals surface area contributed by atoms with Crippen molar-refractivity contribution in [2.75, 3.05) is 0 Å². The molecule has 7 nitrogen and oxygen atoms in total. The van der Waals surface area contributed by atoms with Gasteiger partial charge >= 0.3 is 0 Å². The summed E-state index contributed by atoms with van der Waals surface area (Å²) in [5, 5.41) is 30.0. The van der Waals surface area contributed by atoms with E-state index in [0.717, 1.165) is 0 Å². The molecule has 0 saturated heterocycles. The zero-order valence-electron chi connectivity index (χ0n) is 26.6. The molecule has 0 radical (unpaired) electrons. The predicted octanol–water partition coefficient (Wildman–Crippen LogP) is 8.97. The van der Waals surface area contributed by atoms with Crippen molar-refractivity contribution in [2.45, 2.75) is 0 Å². The molecule has 0 spiro atoms. The maximum absolute atomic E-state index is 15.0. The molecule has 3 N–H and O–H groups in total. The minimum absolute atomic E-state index is 0.000701. The first-order chi connectivity index (χ1) is 24.3. The van der Waals surface area contributed by atoms with E-state index >= 15 is 0 Å². The van der Waals surface area contributed by atoms with E-state index in [1.807, 2.05) is 6.07 Å². The molecule has 1 aromatic heterocycles. The topological polar surface area (TPSA) is 125 Å². The van der Waals surface area contributed by atoms with Crippen molar-refractivity contribution in [3.05, 3.63) is 203 Å². The second-order valence-corrected chi connectivity index (χ2v) is 11.3. The molecular weight excluding hydrogens is 628 g/mol. The summed E-state index contributed by atoms with van der Waals surface area (Å²) in [6.07, 6.45) is 4.16. The van der Waals surface area contributed by atoms with Gasteiger partial charge in [-0.15, -0.1) is 0 Å². The Labute approximate surface area is 288 Å². The van der Waals surface area contributed by atoms with Gasteiger partial charge in [0.1, 0.15) is 23.0 Å². The van der Waals surface area contributed by atoms with Crippen LogP contribution in [-0.2, 0) is 0 Å². The molecule has 0 aliphatic rings. The predicted molar refractivity (Wildman–Crippen MR) is 192 cm³/mol. The number of benzene rings is 5. The molecule has 0 atom stereocenters. The monoisotopic (exact) mass is 658 g/mol. The summed E-state index contributed by atoms with van der Waals surface area (Å²) in [5.41, 5.74) is 2.75. The largest absolute Gasteiger partial charge is 0.508 e. The second kappa shape index (κ2) is 14.8. The Bertz CT molecular complexity index is 2230. The third kappa shape index (κ3) is 7.43. The molecule has 6 rings (SSSR count). The van der Waals surface area contributed by atoms with Crippen molar-refractivity contribution in [2.24, 2.45) is 0 Å². The number of phenols is 3. The summed E-state index contributed by atoms with van der Waals surface area (Å²) in [7, 11) is 0. The maximum atomic E-state index is 15.0. The smallest absolute Gasteiger partial charge is 0.194 e. The average Bonchev–Trinajstić information content (AvgIpc) is 3.69. The van der Waals surface area contributed by atoms with Crippen LogP contribution in [0.3, 0.4) is 0 Å². The second-order valence-electron chi connectivity index (χ2n) is 11.3. The van der Waals surface area contributed by atoms with Gasteiger partial charge in [-0.2, -0.15) is 0 Å². The summed E-state index contributed by atoms with van der Waals surface area (Å²) in [6.45, 7) is 0. The Morgan fingerprint density at radius 1 is 0.440 bits per heavy atom. The van der Waals surface area contributed by atoms with Crippen molar-refractivity contribution in [3.63, 3.8) is 0 Å². The number of allylic oxidation sites excluding steroid dienone is 6. The molecule has 50 heavy (non-hydrogen) atoms. The Balaban J connectivity index is 1.75.